The number of anilines is 1. The smallest absolute Gasteiger partial charge is 0.323 e. The summed E-state index contributed by atoms with van der Waals surface area (Å²) >= 11 is 0. The predicted octanol–water partition coefficient (Wildman–Crippen LogP) is 3.38. The highest BCUT2D eigenvalue weighted by Gasteiger charge is 2.33. The van der Waals surface area contributed by atoms with Crippen molar-refractivity contribution in [1.82, 2.24) is 4.90 Å². The minimum Gasteiger partial charge on any atom is -0.468 e. The van der Waals surface area contributed by atoms with Gasteiger partial charge in [0.15, 0.2) is 0 Å². The van der Waals surface area contributed by atoms with Gasteiger partial charge in [0, 0.05) is 12.2 Å². The molecule has 1 aliphatic heterocycles. The molecule has 0 radical (unpaired) electrons. The van der Waals surface area contributed by atoms with Gasteiger partial charge in [-0.25, -0.2) is 0 Å². The molecule has 5 nitrogen and oxygen atoms in total. The molecule has 28 heavy (non-hydrogen) atoms. The van der Waals surface area contributed by atoms with E-state index in [1.807, 2.05) is 71.6 Å². The van der Waals surface area contributed by atoms with E-state index in [-0.39, 0.29) is 18.4 Å². The van der Waals surface area contributed by atoms with E-state index in [1.54, 1.807) is 0 Å². The number of rotatable bonds is 4. The third-order valence-corrected chi connectivity index (χ3v) is 5.20. The topological polar surface area (TPSA) is 58.6 Å². The van der Waals surface area contributed by atoms with Crippen LogP contribution in [-0.4, -0.2) is 36.5 Å². The van der Waals surface area contributed by atoms with Crippen LogP contribution in [0.3, 0.4) is 0 Å². The summed E-state index contributed by atoms with van der Waals surface area (Å²) in [6, 6.07) is 21.4. The molecule has 0 aliphatic carbocycles. The lowest BCUT2D eigenvalue weighted by atomic mass is 9.94. The highest BCUT2D eigenvalue weighted by Crippen LogP contribution is 2.24. The standard InChI is InChI=1S/C23H22N2O3/c1-28-23(27)21-13-18-8-4-5-9-19(18)14-25(21)15-22(26)24-20-11-10-16-6-2-3-7-17(16)12-20/h2-12,21H,13-15H2,1H3,(H,24,26)/t21-/m0/s1. The number of fused-ring (bicyclic) bond motifs is 2. The molecule has 0 spiro atoms. The van der Waals surface area contributed by atoms with Gasteiger partial charge in [-0.15, -0.1) is 0 Å². The molecule has 142 valence electrons. The van der Waals surface area contributed by atoms with E-state index in [0.717, 1.165) is 27.6 Å². The van der Waals surface area contributed by atoms with Crippen LogP contribution in [0, 0.1) is 0 Å². The monoisotopic (exact) mass is 374 g/mol. The molecular formula is C23H22N2O3. The first kappa shape index (κ1) is 18.2. The van der Waals surface area contributed by atoms with Crippen LogP contribution >= 0.6 is 0 Å². The predicted molar refractivity (Wildman–Crippen MR) is 109 cm³/mol. The Morgan fingerprint density at radius 2 is 1.71 bits per heavy atom. The van der Waals surface area contributed by atoms with E-state index in [9.17, 15) is 9.59 Å². The summed E-state index contributed by atoms with van der Waals surface area (Å²) in [4.78, 5) is 26.8. The summed E-state index contributed by atoms with van der Waals surface area (Å²) in [7, 11) is 1.39. The number of hydrogen-bond donors (Lipinski definition) is 1. The number of amides is 1. The number of methoxy groups -OCH3 is 1. The van der Waals surface area contributed by atoms with E-state index in [4.69, 9.17) is 4.74 Å². The zero-order valence-electron chi connectivity index (χ0n) is 15.7. The lowest BCUT2D eigenvalue weighted by Crippen LogP contribution is -2.49. The van der Waals surface area contributed by atoms with Crippen molar-refractivity contribution in [3.63, 3.8) is 0 Å². The maximum atomic E-state index is 12.7. The maximum absolute atomic E-state index is 12.7. The number of carbonyl (C=O) groups excluding carboxylic acids is 2. The van der Waals surface area contributed by atoms with E-state index in [1.165, 1.54) is 7.11 Å². The number of carbonyl (C=O) groups is 2. The number of ether oxygens (including phenoxy) is 1. The Hall–Kier alpha value is -3.18. The minimum atomic E-state index is -0.456. The quantitative estimate of drug-likeness (QED) is 0.712. The normalized spacial score (nSPS) is 16.4. The van der Waals surface area contributed by atoms with Crippen molar-refractivity contribution in [2.24, 2.45) is 0 Å². The highest BCUT2D eigenvalue weighted by molar-refractivity contribution is 5.95. The summed E-state index contributed by atoms with van der Waals surface area (Å²) < 4.78 is 4.97. The fourth-order valence-corrected chi connectivity index (χ4v) is 3.76. The van der Waals surface area contributed by atoms with E-state index in [2.05, 4.69) is 5.32 Å². The van der Waals surface area contributed by atoms with Crippen LogP contribution in [-0.2, 0) is 27.3 Å². The summed E-state index contributed by atoms with van der Waals surface area (Å²) in [5.41, 5.74) is 3.01. The third-order valence-electron chi connectivity index (χ3n) is 5.20. The lowest BCUT2D eigenvalue weighted by molar-refractivity contribution is -0.148. The third kappa shape index (κ3) is 3.75. The molecule has 1 N–H and O–H groups in total. The van der Waals surface area contributed by atoms with Gasteiger partial charge >= 0.3 is 5.97 Å². The van der Waals surface area contributed by atoms with Gasteiger partial charge in [0.2, 0.25) is 5.91 Å². The Balaban J connectivity index is 1.50. The van der Waals surface area contributed by atoms with Crippen molar-refractivity contribution in [3.8, 4) is 0 Å². The number of esters is 1. The van der Waals surface area contributed by atoms with Gasteiger partial charge in [-0.3, -0.25) is 14.5 Å². The van der Waals surface area contributed by atoms with Gasteiger partial charge in [-0.2, -0.15) is 0 Å². The molecule has 1 atom stereocenters. The summed E-state index contributed by atoms with van der Waals surface area (Å²) in [5, 5.41) is 5.14. The first-order chi connectivity index (χ1) is 13.6. The summed E-state index contributed by atoms with van der Waals surface area (Å²) in [6.07, 6.45) is 0.548. The fourth-order valence-electron chi connectivity index (χ4n) is 3.76. The molecule has 3 aromatic carbocycles. The van der Waals surface area contributed by atoms with Crippen molar-refractivity contribution in [2.75, 3.05) is 19.0 Å². The number of nitrogens with one attached hydrogen (secondary N) is 1. The van der Waals surface area contributed by atoms with Gasteiger partial charge in [0.05, 0.1) is 13.7 Å². The van der Waals surface area contributed by atoms with Crippen LogP contribution in [0.2, 0.25) is 0 Å². The minimum absolute atomic E-state index is 0.126. The molecule has 0 bridgehead atoms. The molecule has 0 saturated heterocycles. The van der Waals surface area contributed by atoms with Crippen LogP contribution in [0.1, 0.15) is 11.1 Å². The highest BCUT2D eigenvalue weighted by atomic mass is 16.5. The molecule has 0 aromatic heterocycles. The molecule has 4 rings (SSSR count). The molecule has 1 aliphatic rings. The fraction of sp³-hybridized carbons (Fsp3) is 0.217. The van der Waals surface area contributed by atoms with Gasteiger partial charge in [-0.05, 0) is 40.5 Å². The lowest BCUT2D eigenvalue weighted by Gasteiger charge is -2.34. The zero-order valence-corrected chi connectivity index (χ0v) is 15.7. The van der Waals surface area contributed by atoms with Crippen molar-refractivity contribution in [3.05, 3.63) is 77.9 Å². The zero-order chi connectivity index (χ0) is 19.5. The van der Waals surface area contributed by atoms with Gasteiger partial charge < -0.3 is 10.1 Å². The van der Waals surface area contributed by atoms with Crippen LogP contribution in [0.5, 0.6) is 0 Å². The Labute approximate surface area is 163 Å². The molecule has 0 unspecified atom stereocenters. The Morgan fingerprint density at radius 3 is 2.50 bits per heavy atom. The molecule has 1 heterocycles. The van der Waals surface area contributed by atoms with Gasteiger partial charge in [-0.1, -0.05) is 54.6 Å². The van der Waals surface area contributed by atoms with E-state index in [0.29, 0.717) is 13.0 Å². The second-order valence-electron chi connectivity index (χ2n) is 7.03. The Bertz CT molecular complexity index is 1030. The average molecular weight is 374 g/mol. The Morgan fingerprint density at radius 1 is 1.00 bits per heavy atom. The first-order valence-electron chi connectivity index (χ1n) is 9.31. The average Bonchev–Trinajstić information content (AvgIpc) is 2.72. The molecule has 3 aromatic rings. The van der Waals surface area contributed by atoms with Crippen molar-refractivity contribution in [2.45, 2.75) is 19.0 Å². The number of nitrogens with zero attached hydrogens (tertiary/aromatic N) is 1. The second-order valence-corrected chi connectivity index (χ2v) is 7.03. The van der Waals surface area contributed by atoms with E-state index >= 15 is 0 Å². The van der Waals surface area contributed by atoms with Gasteiger partial charge in [0.25, 0.3) is 0 Å². The van der Waals surface area contributed by atoms with Gasteiger partial charge in [0.1, 0.15) is 6.04 Å². The van der Waals surface area contributed by atoms with E-state index < -0.39 is 6.04 Å². The Kier molecular flexibility index (Phi) is 5.08. The van der Waals surface area contributed by atoms with Crippen molar-refractivity contribution < 1.29 is 14.3 Å². The summed E-state index contributed by atoms with van der Waals surface area (Å²) in [6.45, 7) is 0.669. The number of hydrogen-bond acceptors (Lipinski definition) is 4. The largest absolute Gasteiger partial charge is 0.468 e. The van der Waals surface area contributed by atoms with Crippen LogP contribution in [0.15, 0.2) is 66.7 Å². The van der Waals surface area contributed by atoms with Crippen molar-refractivity contribution >= 4 is 28.3 Å². The molecule has 5 heteroatoms. The molecular weight excluding hydrogens is 352 g/mol. The van der Waals surface area contributed by atoms with Crippen LogP contribution in [0.25, 0.3) is 10.8 Å². The SMILES string of the molecule is COC(=O)[C@@H]1Cc2ccccc2CN1CC(=O)Nc1ccc2ccccc2c1. The maximum Gasteiger partial charge on any atom is 0.323 e. The van der Waals surface area contributed by atoms with Crippen LogP contribution in [0.4, 0.5) is 5.69 Å². The molecule has 0 saturated carbocycles. The second kappa shape index (κ2) is 7.82. The summed E-state index contributed by atoms with van der Waals surface area (Å²) in [5.74, 6) is -0.462. The van der Waals surface area contributed by atoms with Crippen molar-refractivity contribution in [1.29, 1.82) is 0 Å². The number of benzene rings is 3. The first-order valence-corrected chi connectivity index (χ1v) is 9.31. The molecule has 1 amide bonds. The molecule has 0 fully saturated rings. The van der Waals surface area contributed by atoms with Crippen LogP contribution < -0.4 is 5.32 Å².